The van der Waals surface area contributed by atoms with Crippen molar-refractivity contribution in [2.45, 2.75) is 32.6 Å². The zero-order valence-corrected chi connectivity index (χ0v) is 12.4. The molecule has 5 heteroatoms. The van der Waals surface area contributed by atoms with Crippen molar-refractivity contribution >= 4 is 11.8 Å². The Balaban J connectivity index is 2.37. The standard InChI is InChI=1S/C16H22N2O3/c1-3-5-6-7-15(19)17-18-16(20)13-8-10-14(11-9-13)21-12-4-2/h4,8-11H,2-3,5-7,12H2,1H3,(H,17,19)(H,18,20). The lowest BCUT2D eigenvalue weighted by Crippen LogP contribution is -2.41. The molecule has 0 heterocycles. The highest BCUT2D eigenvalue weighted by atomic mass is 16.5. The highest BCUT2D eigenvalue weighted by molar-refractivity contribution is 5.95. The molecule has 0 aliphatic rings. The summed E-state index contributed by atoms with van der Waals surface area (Å²) in [4.78, 5) is 23.3. The van der Waals surface area contributed by atoms with Crippen molar-refractivity contribution in [3.8, 4) is 5.75 Å². The molecule has 21 heavy (non-hydrogen) atoms. The van der Waals surface area contributed by atoms with E-state index in [4.69, 9.17) is 4.74 Å². The Morgan fingerprint density at radius 1 is 1.19 bits per heavy atom. The Bertz CT molecular complexity index is 469. The number of hydrazine groups is 1. The van der Waals surface area contributed by atoms with E-state index in [9.17, 15) is 9.59 Å². The van der Waals surface area contributed by atoms with Crippen LogP contribution in [0.5, 0.6) is 5.75 Å². The molecule has 0 saturated carbocycles. The van der Waals surface area contributed by atoms with Crippen LogP contribution in [0.4, 0.5) is 0 Å². The molecule has 2 N–H and O–H groups in total. The lowest BCUT2D eigenvalue weighted by atomic mass is 10.2. The number of carbonyl (C=O) groups excluding carboxylic acids is 2. The van der Waals surface area contributed by atoms with Crippen molar-refractivity contribution < 1.29 is 14.3 Å². The summed E-state index contributed by atoms with van der Waals surface area (Å²) in [7, 11) is 0. The molecule has 0 fully saturated rings. The van der Waals surface area contributed by atoms with E-state index in [0.717, 1.165) is 19.3 Å². The van der Waals surface area contributed by atoms with E-state index in [2.05, 4.69) is 24.4 Å². The van der Waals surface area contributed by atoms with Crippen LogP contribution in [0.25, 0.3) is 0 Å². The number of nitrogens with one attached hydrogen (secondary N) is 2. The fourth-order valence-electron chi connectivity index (χ4n) is 1.65. The van der Waals surface area contributed by atoms with E-state index in [1.165, 1.54) is 0 Å². The number of carbonyl (C=O) groups is 2. The van der Waals surface area contributed by atoms with Gasteiger partial charge in [0.1, 0.15) is 12.4 Å². The normalized spacial score (nSPS) is 9.76. The Labute approximate surface area is 125 Å². The quantitative estimate of drug-likeness (QED) is 0.439. The number of hydrogen-bond acceptors (Lipinski definition) is 3. The van der Waals surface area contributed by atoms with Gasteiger partial charge in [-0.2, -0.15) is 0 Å². The number of unbranched alkanes of at least 4 members (excludes halogenated alkanes) is 2. The van der Waals surface area contributed by atoms with Gasteiger partial charge in [-0.1, -0.05) is 32.4 Å². The van der Waals surface area contributed by atoms with Gasteiger partial charge in [-0.25, -0.2) is 0 Å². The summed E-state index contributed by atoms with van der Waals surface area (Å²) in [6.45, 7) is 6.05. The molecule has 0 aliphatic heterocycles. The molecule has 0 atom stereocenters. The average molecular weight is 290 g/mol. The molecular formula is C16H22N2O3. The summed E-state index contributed by atoms with van der Waals surface area (Å²) in [6.07, 6.45) is 4.96. The van der Waals surface area contributed by atoms with E-state index in [1.54, 1.807) is 30.3 Å². The van der Waals surface area contributed by atoms with Gasteiger partial charge in [0.2, 0.25) is 5.91 Å². The van der Waals surface area contributed by atoms with Crippen LogP contribution in [-0.2, 0) is 4.79 Å². The predicted octanol–water partition coefficient (Wildman–Crippen LogP) is 2.59. The zero-order chi connectivity index (χ0) is 15.5. The molecule has 1 aromatic rings. The summed E-state index contributed by atoms with van der Waals surface area (Å²) in [5.41, 5.74) is 5.25. The van der Waals surface area contributed by atoms with Crippen LogP contribution in [0.15, 0.2) is 36.9 Å². The van der Waals surface area contributed by atoms with Gasteiger partial charge in [0.15, 0.2) is 0 Å². The summed E-state index contributed by atoms with van der Waals surface area (Å²) in [6, 6.07) is 6.66. The van der Waals surface area contributed by atoms with Crippen LogP contribution in [0.3, 0.4) is 0 Å². The summed E-state index contributed by atoms with van der Waals surface area (Å²) in [5.74, 6) is 0.131. The third-order valence-electron chi connectivity index (χ3n) is 2.81. The number of rotatable bonds is 8. The lowest BCUT2D eigenvalue weighted by Gasteiger charge is -2.08. The van der Waals surface area contributed by atoms with Crippen LogP contribution in [0.1, 0.15) is 43.0 Å². The van der Waals surface area contributed by atoms with Gasteiger partial charge in [0.25, 0.3) is 5.91 Å². The van der Waals surface area contributed by atoms with Gasteiger partial charge in [0.05, 0.1) is 0 Å². The Morgan fingerprint density at radius 2 is 1.90 bits per heavy atom. The molecule has 0 bridgehead atoms. The highest BCUT2D eigenvalue weighted by Gasteiger charge is 2.07. The lowest BCUT2D eigenvalue weighted by molar-refractivity contribution is -0.121. The van der Waals surface area contributed by atoms with Crippen molar-refractivity contribution in [3.63, 3.8) is 0 Å². The average Bonchev–Trinajstić information content (AvgIpc) is 2.51. The molecule has 1 rings (SSSR count). The van der Waals surface area contributed by atoms with Gasteiger partial charge in [0, 0.05) is 12.0 Å². The zero-order valence-electron chi connectivity index (χ0n) is 12.4. The first kappa shape index (κ1) is 16.8. The molecule has 0 aliphatic carbocycles. The van der Waals surface area contributed by atoms with E-state index in [0.29, 0.717) is 24.3 Å². The predicted molar refractivity (Wildman–Crippen MR) is 81.9 cm³/mol. The fraction of sp³-hybridized carbons (Fsp3) is 0.375. The minimum atomic E-state index is -0.353. The monoisotopic (exact) mass is 290 g/mol. The van der Waals surface area contributed by atoms with Crippen LogP contribution in [0, 0.1) is 0 Å². The molecule has 0 radical (unpaired) electrons. The van der Waals surface area contributed by atoms with Crippen LogP contribution in [0.2, 0.25) is 0 Å². The van der Waals surface area contributed by atoms with Crippen LogP contribution >= 0.6 is 0 Å². The number of benzene rings is 1. The van der Waals surface area contributed by atoms with Crippen molar-refractivity contribution in [3.05, 3.63) is 42.5 Å². The van der Waals surface area contributed by atoms with Crippen LogP contribution in [-0.4, -0.2) is 18.4 Å². The second kappa shape index (κ2) is 9.58. The van der Waals surface area contributed by atoms with E-state index >= 15 is 0 Å². The fourth-order valence-corrected chi connectivity index (χ4v) is 1.65. The molecule has 0 aromatic heterocycles. The van der Waals surface area contributed by atoms with Gasteiger partial charge >= 0.3 is 0 Å². The van der Waals surface area contributed by atoms with E-state index in [-0.39, 0.29) is 11.8 Å². The first-order valence-electron chi connectivity index (χ1n) is 7.10. The minimum Gasteiger partial charge on any atom is -0.490 e. The van der Waals surface area contributed by atoms with Gasteiger partial charge in [-0.05, 0) is 30.7 Å². The first-order valence-corrected chi connectivity index (χ1v) is 7.10. The molecule has 0 spiro atoms. The molecule has 5 nitrogen and oxygen atoms in total. The Kier molecular flexibility index (Phi) is 7.64. The third-order valence-corrected chi connectivity index (χ3v) is 2.81. The molecule has 0 saturated heterocycles. The summed E-state index contributed by atoms with van der Waals surface area (Å²) in [5, 5.41) is 0. The SMILES string of the molecule is C=CCOc1ccc(C(=O)NNC(=O)CCCCC)cc1. The van der Waals surface area contributed by atoms with Crippen molar-refractivity contribution in [2.24, 2.45) is 0 Å². The second-order valence-corrected chi connectivity index (χ2v) is 4.58. The maximum Gasteiger partial charge on any atom is 0.269 e. The maximum atomic E-state index is 11.8. The highest BCUT2D eigenvalue weighted by Crippen LogP contribution is 2.11. The molecular weight excluding hydrogens is 268 g/mol. The summed E-state index contributed by atoms with van der Waals surface area (Å²) < 4.78 is 5.32. The van der Waals surface area contributed by atoms with Crippen molar-refractivity contribution in [1.82, 2.24) is 10.9 Å². The van der Waals surface area contributed by atoms with Gasteiger partial charge in [-0.3, -0.25) is 20.4 Å². The van der Waals surface area contributed by atoms with Crippen LogP contribution < -0.4 is 15.6 Å². The topological polar surface area (TPSA) is 67.4 Å². The second-order valence-electron chi connectivity index (χ2n) is 4.58. The van der Waals surface area contributed by atoms with E-state index < -0.39 is 0 Å². The minimum absolute atomic E-state index is 0.178. The Hall–Kier alpha value is -2.30. The number of ether oxygens (including phenoxy) is 1. The Morgan fingerprint density at radius 3 is 2.52 bits per heavy atom. The molecule has 2 amide bonds. The maximum absolute atomic E-state index is 11.8. The van der Waals surface area contributed by atoms with Gasteiger partial charge < -0.3 is 4.74 Å². The smallest absolute Gasteiger partial charge is 0.269 e. The van der Waals surface area contributed by atoms with Crippen molar-refractivity contribution in [2.75, 3.05) is 6.61 Å². The molecule has 0 unspecified atom stereocenters. The summed E-state index contributed by atoms with van der Waals surface area (Å²) >= 11 is 0. The molecule has 114 valence electrons. The van der Waals surface area contributed by atoms with Gasteiger partial charge in [-0.15, -0.1) is 0 Å². The largest absolute Gasteiger partial charge is 0.490 e. The van der Waals surface area contributed by atoms with Crippen molar-refractivity contribution in [1.29, 1.82) is 0 Å². The number of amides is 2. The number of hydrogen-bond donors (Lipinski definition) is 2. The van der Waals surface area contributed by atoms with E-state index in [1.807, 2.05) is 0 Å². The third kappa shape index (κ3) is 6.61. The molecule has 1 aromatic carbocycles. The first-order chi connectivity index (χ1) is 10.2.